The maximum atomic E-state index is 14.5. The lowest BCUT2D eigenvalue weighted by molar-refractivity contribution is -0.120. The number of hydrogen-bond acceptors (Lipinski definition) is 5. The van der Waals surface area contributed by atoms with Gasteiger partial charge in [0.1, 0.15) is 11.4 Å². The van der Waals surface area contributed by atoms with Crippen LogP contribution < -0.4 is 10.1 Å². The molecule has 0 unspecified atom stereocenters. The number of carbonyl (C=O) groups is 1. The largest absolute Gasteiger partial charge is 0.471 e. The predicted molar refractivity (Wildman–Crippen MR) is 152 cm³/mol. The molecular formula is C32H41FN4O3. The number of hydrogen-bond donors (Lipinski definition) is 2. The number of nitrogens with zero attached hydrogens (tertiary/aromatic N) is 3. The zero-order valence-corrected chi connectivity index (χ0v) is 24.0. The first-order chi connectivity index (χ1) is 19.0. The van der Waals surface area contributed by atoms with Crippen LogP contribution in [0.15, 0.2) is 49.2 Å². The third kappa shape index (κ3) is 6.54. The van der Waals surface area contributed by atoms with E-state index in [9.17, 15) is 14.3 Å². The van der Waals surface area contributed by atoms with E-state index in [4.69, 9.17) is 9.72 Å². The van der Waals surface area contributed by atoms with Crippen LogP contribution >= 0.6 is 0 Å². The van der Waals surface area contributed by atoms with E-state index in [1.165, 1.54) is 18.6 Å². The molecular weight excluding hydrogens is 507 g/mol. The van der Waals surface area contributed by atoms with E-state index in [1.807, 2.05) is 6.20 Å². The molecule has 0 radical (unpaired) electrons. The predicted octanol–water partition coefficient (Wildman–Crippen LogP) is 5.67. The summed E-state index contributed by atoms with van der Waals surface area (Å²) in [5.74, 6) is 0.394. The third-order valence-electron chi connectivity index (χ3n) is 8.22. The van der Waals surface area contributed by atoms with Crippen LogP contribution in [0.5, 0.6) is 5.88 Å². The fourth-order valence-corrected chi connectivity index (χ4v) is 6.20. The number of nitrogens with one attached hydrogen (secondary N) is 1. The molecule has 3 aromatic rings. The molecule has 1 aliphatic heterocycles. The Bertz CT molecular complexity index is 1330. The summed E-state index contributed by atoms with van der Waals surface area (Å²) in [6, 6.07) is 6.62. The van der Waals surface area contributed by atoms with Crippen molar-refractivity contribution in [3.8, 4) is 11.6 Å². The number of aliphatic hydroxyl groups is 1. The number of ether oxygens (including phenoxy) is 1. The number of fused-ring (bicyclic) bond motifs is 1. The number of imidazole rings is 1. The molecule has 5 rings (SSSR count). The Morgan fingerprint density at radius 1 is 1.27 bits per heavy atom. The smallest absolute Gasteiger partial charge is 0.217 e. The molecule has 3 heterocycles. The maximum absolute atomic E-state index is 14.5. The quantitative estimate of drug-likeness (QED) is 0.360. The highest BCUT2D eigenvalue weighted by Gasteiger charge is 2.46. The van der Waals surface area contributed by atoms with Crippen molar-refractivity contribution < 1.29 is 19.0 Å². The topological polar surface area (TPSA) is 89.3 Å². The minimum absolute atomic E-state index is 0.143. The first-order valence-corrected chi connectivity index (χ1v) is 14.4. The second-order valence-electron chi connectivity index (χ2n) is 12.9. The van der Waals surface area contributed by atoms with E-state index in [-0.39, 0.29) is 28.7 Å². The van der Waals surface area contributed by atoms with Gasteiger partial charge in [0.05, 0.1) is 24.2 Å². The Balaban J connectivity index is 1.33. The first kappa shape index (κ1) is 28.3. The highest BCUT2D eigenvalue weighted by Crippen LogP contribution is 2.50. The molecule has 40 heavy (non-hydrogen) atoms. The molecule has 2 aromatic heterocycles. The second kappa shape index (κ2) is 11.3. The minimum Gasteiger partial charge on any atom is -0.471 e. The molecule has 7 nitrogen and oxygen atoms in total. The lowest BCUT2D eigenvalue weighted by Crippen LogP contribution is -2.47. The minimum atomic E-state index is -0.764. The standard InChI is InChI=1S/C32H41FN4O3/c1-21(38)36-27(15-22-6-8-26(33)28(16-22)37-13-12-34-20-37)29(39)9-7-24-18-32(10-5-11-32)40-30-25(24)14-23(19-35-30)17-31(2,3)4/h6,8,12-14,16,19-20,24,27,29,39H,5,7,9-11,15,17-18H2,1-4H3,(H,36,38)/t24-,27-,29+/m0/s1. The van der Waals surface area contributed by atoms with E-state index in [0.29, 0.717) is 18.5 Å². The van der Waals surface area contributed by atoms with Crippen LogP contribution in [0, 0.1) is 11.2 Å². The number of carbonyl (C=O) groups excluding carboxylic acids is 1. The van der Waals surface area contributed by atoms with Gasteiger partial charge in [-0.25, -0.2) is 14.4 Å². The van der Waals surface area contributed by atoms with Crippen molar-refractivity contribution in [2.75, 3.05) is 0 Å². The van der Waals surface area contributed by atoms with Crippen LogP contribution in [0.1, 0.15) is 88.8 Å². The van der Waals surface area contributed by atoms with Gasteiger partial charge in [0, 0.05) is 31.1 Å². The summed E-state index contributed by atoms with van der Waals surface area (Å²) in [6.45, 7) is 8.13. The van der Waals surface area contributed by atoms with Crippen LogP contribution in [0.25, 0.3) is 5.69 Å². The normalized spacial score (nSPS) is 19.3. The maximum Gasteiger partial charge on any atom is 0.217 e. The zero-order valence-electron chi connectivity index (χ0n) is 24.0. The van der Waals surface area contributed by atoms with Gasteiger partial charge < -0.3 is 19.7 Å². The molecule has 3 atom stereocenters. The molecule has 1 saturated carbocycles. The molecule has 0 bridgehead atoms. The summed E-state index contributed by atoms with van der Waals surface area (Å²) >= 11 is 0. The number of amides is 1. The number of halogens is 1. The number of aliphatic hydroxyl groups excluding tert-OH is 1. The van der Waals surface area contributed by atoms with Gasteiger partial charge in [0.2, 0.25) is 11.8 Å². The molecule has 2 aliphatic rings. The molecule has 1 spiro atoms. The molecule has 1 aromatic carbocycles. The second-order valence-corrected chi connectivity index (χ2v) is 12.9. The van der Waals surface area contributed by atoms with Crippen molar-refractivity contribution in [1.29, 1.82) is 0 Å². The summed E-state index contributed by atoms with van der Waals surface area (Å²) in [7, 11) is 0. The van der Waals surface area contributed by atoms with Crippen LogP contribution in [-0.4, -0.2) is 43.3 Å². The molecule has 0 saturated heterocycles. The number of benzene rings is 1. The van der Waals surface area contributed by atoms with Crippen molar-refractivity contribution in [3.05, 3.63) is 71.7 Å². The average Bonchev–Trinajstić information content (AvgIpc) is 3.40. The van der Waals surface area contributed by atoms with E-state index in [2.05, 4.69) is 37.1 Å². The Labute approximate surface area is 236 Å². The lowest BCUT2D eigenvalue weighted by atomic mass is 9.70. The van der Waals surface area contributed by atoms with Crippen LogP contribution in [0.3, 0.4) is 0 Å². The molecule has 1 amide bonds. The van der Waals surface area contributed by atoms with E-state index in [0.717, 1.165) is 55.5 Å². The summed E-state index contributed by atoms with van der Waals surface area (Å²) in [5.41, 5.74) is 3.54. The molecule has 2 N–H and O–H groups in total. The van der Waals surface area contributed by atoms with Gasteiger partial charge in [0.15, 0.2) is 0 Å². The van der Waals surface area contributed by atoms with Gasteiger partial charge in [-0.15, -0.1) is 0 Å². The zero-order chi connectivity index (χ0) is 28.5. The summed E-state index contributed by atoms with van der Waals surface area (Å²) in [4.78, 5) is 20.8. The van der Waals surface area contributed by atoms with Crippen LogP contribution in [0.2, 0.25) is 0 Å². The highest BCUT2D eigenvalue weighted by atomic mass is 19.1. The molecule has 1 fully saturated rings. The average molecular weight is 549 g/mol. The van der Waals surface area contributed by atoms with Gasteiger partial charge in [-0.2, -0.15) is 0 Å². The Morgan fingerprint density at radius 3 is 2.73 bits per heavy atom. The summed E-state index contributed by atoms with van der Waals surface area (Å²) < 4.78 is 22.6. The Kier molecular flexibility index (Phi) is 8.00. The SMILES string of the molecule is CC(=O)N[C@@H](Cc1ccc(F)c(-n2ccnc2)c1)[C@H](O)CC[C@H]1CC2(CCC2)Oc2ncc(CC(C)(C)C)cc21. The van der Waals surface area contributed by atoms with E-state index < -0.39 is 12.1 Å². The first-order valence-electron chi connectivity index (χ1n) is 14.4. The number of aromatic nitrogens is 3. The van der Waals surface area contributed by atoms with E-state index >= 15 is 0 Å². The highest BCUT2D eigenvalue weighted by molar-refractivity contribution is 5.73. The third-order valence-corrected chi connectivity index (χ3v) is 8.22. The van der Waals surface area contributed by atoms with Gasteiger partial charge in [0.25, 0.3) is 0 Å². The summed E-state index contributed by atoms with van der Waals surface area (Å²) in [6.07, 6.45) is 12.8. The Morgan fingerprint density at radius 2 is 2.08 bits per heavy atom. The van der Waals surface area contributed by atoms with Crippen LogP contribution in [-0.2, 0) is 17.6 Å². The Hall–Kier alpha value is -3.26. The molecule has 8 heteroatoms. The monoisotopic (exact) mass is 548 g/mol. The van der Waals surface area contributed by atoms with Crippen molar-refractivity contribution in [1.82, 2.24) is 19.9 Å². The number of pyridine rings is 1. The fraction of sp³-hybridized carbons (Fsp3) is 0.531. The van der Waals surface area contributed by atoms with Crippen molar-refractivity contribution in [2.45, 2.75) is 103 Å². The van der Waals surface area contributed by atoms with Crippen LogP contribution in [0.4, 0.5) is 4.39 Å². The summed E-state index contributed by atoms with van der Waals surface area (Å²) in [5, 5.41) is 14.3. The van der Waals surface area contributed by atoms with Gasteiger partial charge in [-0.3, -0.25) is 4.79 Å². The van der Waals surface area contributed by atoms with Crippen molar-refractivity contribution in [2.24, 2.45) is 5.41 Å². The fourth-order valence-electron chi connectivity index (χ4n) is 6.20. The van der Waals surface area contributed by atoms with Gasteiger partial charge in [-0.1, -0.05) is 26.8 Å². The van der Waals surface area contributed by atoms with Gasteiger partial charge >= 0.3 is 0 Å². The molecule has 214 valence electrons. The lowest BCUT2D eigenvalue weighted by Gasteiger charge is -2.47. The van der Waals surface area contributed by atoms with Crippen molar-refractivity contribution in [3.63, 3.8) is 0 Å². The van der Waals surface area contributed by atoms with Gasteiger partial charge in [-0.05, 0) is 92.0 Å². The number of rotatable bonds is 9. The van der Waals surface area contributed by atoms with Crippen molar-refractivity contribution >= 4 is 5.91 Å². The van der Waals surface area contributed by atoms with E-state index in [1.54, 1.807) is 35.4 Å². The molecule has 1 aliphatic carbocycles.